The topological polar surface area (TPSA) is 89.0 Å². The van der Waals surface area contributed by atoms with Crippen LogP contribution in [0.3, 0.4) is 0 Å². The first-order valence-electron chi connectivity index (χ1n) is 8.34. The van der Waals surface area contributed by atoms with Gasteiger partial charge in [-0.1, -0.05) is 46.4 Å². The highest BCUT2D eigenvalue weighted by Gasteiger charge is 2.21. The van der Waals surface area contributed by atoms with Crippen LogP contribution in [-0.2, 0) is 0 Å². The molecule has 0 bridgehead atoms. The first-order chi connectivity index (χ1) is 14.2. The van der Waals surface area contributed by atoms with E-state index in [0.29, 0.717) is 17.1 Å². The van der Waals surface area contributed by atoms with Gasteiger partial charge >= 0.3 is 0 Å². The predicted octanol–water partition coefficient (Wildman–Crippen LogP) is 7.07. The van der Waals surface area contributed by atoms with Crippen molar-refractivity contribution in [2.75, 3.05) is 25.7 Å². The predicted molar refractivity (Wildman–Crippen MR) is 121 cm³/mol. The van der Waals surface area contributed by atoms with E-state index >= 15 is 0 Å². The van der Waals surface area contributed by atoms with E-state index < -0.39 is 0 Å². The summed E-state index contributed by atoms with van der Waals surface area (Å²) in [4.78, 5) is 0. The highest BCUT2D eigenvalue weighted by atomic mass is 35.5. The molecule has 0 radical (unpaired) electrons. The summed E-state index contributed by atoms with van der Waals surface area (Å²) in [6, 6.07) is 9.23. The lowest BCUT2D eigenvalue weighted by atomic mass is 10.2. The van der Waals surface area contributed by atoms with E-state index in [1.165, 1.54) is 38.5 Å². The Morgan fingerprint density at radius 1 is 0.567 bits per heavy atom. The average Bonchev–Trinajstić information content (AvgIpc) is 2.67. The Labute approximate surface area is 193 Å². The number of ether oxygens (including phenoxy) is 4. The van der Waals surface area contributed by atoms with Crippen molar-refractivity contribution in [3.8, 4) is 34.5 Å². The molecule has 0 aliphatic carbocycles. The smallest absolute Gasteiger partial charge is 0.204 e. The van der Waals surface area contributed by atoms with Crippen LogP contribution in [0.25, 0.3) is 0 Å². The summed E-state index contributed by atoms with van der Waals surface area (Å²) < 4.78 is 22.7. The van der Waals surface area contributed by atoms with Crippen LogP contribution in [0.5, 0.6) is 34.5 Å². The van der Waals surface area contributed by atoms with Crippen LogP contribution in [0.15, 0.2) is 36.4 Å². The van der Waals surface area contributed by atoms with Crippen molar-refractivity contribution in [1.29, 1.82) is 0 Å². The molecule has 30 heavy (non-hydrogen) atoms. The number of nitrogen functional groups attached to an aromatic ring is 2. The lowest BCUT2D eigenvalue weighted by Gasteiger charge is -2.18. The van der Waals surface area contributed by atoms with Crippen LogP contribution >= 0.6 is 46.4 Å². The highest BCUT2D eigenvalue weighted by Crippen LogP contribution is 2.49. The Hall–Kier alpha value is -2.38. The van der Waals surface area contributed by atoms with Crippen LogP contribution in [-0.4, -0.2) is 14.2 Å². The maximum Gasteiger partial charge on any atom is 0.204 e. The zero-order valence-corrected chi connectivity index (χ0v) is 18.8. The van der Waals surface area contributed by atoms with Crippen LogP contribution in [0.2, 0.25) is 20.1 Å². The van der Waals surface area contributed by atoms with Crippen LogP contribution in [0.4, 0.5) is 11.4 Å². The quantitative estimate of drug-likeness (QED) is 0.360. The molecule has 0 unspecified atom stereocenters. The zero-order chi connectivity index (χ0) is 22.0. The molecule has 0 amide bonds. The second kappa shape index (κ2) is 9.18. The van der Waals surface area contributed by atoms with Gasteiger partial charge in [0.25, 0.3) is 0 Å². The maximum absolute atomic E-state index is 6.24. The van der Waals surface area contributed by atoms with Crippen molar-refractivity contribution in [3.63, 3.8) is 0 Å². The number of hydrogen-bond donors (Lipinski definition) is 2. The molecule has 0 aliphatic heterocycles. The van der Waals surface area contributed by atoms with Crippen molar-refractivity contribution in [2.24, 2.45) is 0 Å². The Bertz CT molecular complexity index is 982. The summed E-state index contributed by atoms with van der Waals surface area (Å²) in [5.74, 6) is 1.46. The molecular formula is C20H16Cl4N2O4. The Morgan fingerprint density at radius 3 is 1.23 bits per heavy atom. The molecule has 158 valence electrons. The maximum atomic E-state index is 6.24. The molecule has 0 aromatic heterocycles. The van der Waals surface area contributed by atoms with Gasteiger partial charge in [-0.15, -0.1) is 0 Å². The van der Waals surface area contributed by atoms with E-state index in [1.54, 1.807) is 12.1 Å². The lowest BCUT2D eigenvalue weighted by molar-refractivity contribution is 0.345. The molecule has 0 aliphatic rings. The standard InChI is InChI=1S/C20H16Cl4N2O4/c1-27-11-7-16(29-18-12(21)3-9(25)4-13(18)22)20(28-2)17(8-11)30-19-14(23)5-10(26)6-15(19)24/h3-8H,25-26H2,1-2H3. The van der Waals surface area contributed by atoms with Gasteiger partial charge in [-0.2, -0.15) is 0 Å². The van der Waals surface area contributed by atoms with Gasteiger partial charge in [0.05, 0.1) is 34.3 Å². The number of halogens is 4. The fourth-order valence-electron chi connectivity index (χ4n) is 2.60. The third kappa shape index (κ3) is 4.68. The first kappa shape index (κ1) is 22.3. The number of anilines is 2. The summed E-state index contributed by atoms with van der Waals surface area (Å²) in [5, 5.41) is 0.878. The summed E-state index contributed by atoms with van der Waals surface area (Å²) in [7, 11) is 2.93. The number of benzene rings is 3. The first-order valence-corrected chi connectivity index (χ1v) is 9.85. The Balaban J connectivity index is 2.10. The minimum absolute atomic E-state index is 0.189. The summed E-state index contributed by atoms with van der Waals surface area (Å²) in [6.07, 6.45) is 0. The fourth-order valence-corrected chi connectivity index (χ4v) is 3.76. The van der Waals surface area contributed by atoms with Crippen LogP contribution in [0, 0.1) is 0 Å². The van der Waals surface area contributed by atoms with Crippen molar-refractivity contribution >= 4 is 57.8 Å². The molecule has 6 nitrogen and oxygen atoms in total. The van der Waals surface area contributed by atoms with Gasteiger partial charge in [-0.05, 0) is 24.3 Å². The van der Waals surface area contributed by atoms with Gasteiger partial charge in [-0.25, -0.2) is 0 Å². The summed E-state index contributed by atoms with van der Waals surface area (Å²) >= 11 is 25.0. The van der Waals surface area contributed by atoms with E-state index in [2.05, 4.69) is 0 Å². The van der Waals surface area contributed by atoms with E-state index in [0.717, 1.165) is 0 Å². The van der Waals surface area contributed by atoms with Gasteiger partial charge in [0.1, 0.15) is 5.75 Å². The van der Waals surface area contributed by atoms with Crippen molar-refractivity contribution in [1.82, 2.24) is 0 Å². The SMILES string of the molecule is COc1cc(Oc2c(Cl)cc(N)cc2Cl)c(OC)c(Oc2c(Cl)cc(N)cc2Cl)c1. The van der Waals surface area contributed by atoms with Crippen LogP contribution in [0.1, 0.15) is 0 Å². The Kier molecular flexibility index (Phi) is 6.83. The van der Waals surface area contributed by atoms with Crippen LogP contribution < -0.4 is 30.4 Å². The molecule has 10 heteroatoms. The summed E-state index contributed by atoms with van der Waals surface area (Å²) in [5.41, 5.74) is 12.3. The number of methoxy groups -OCH3 is 2. The molecular weight excluding hydrogens is 474 g/mol. The highest BCUT2D eigenvalue weighted by molar-refractivity contribution is 6.38. The van der Waals surface area contributed by atoms with E-state index in [-0.39, 0.29) is 48.8 Å². The zero-order valence-electron chi connectivity index (χ0n) is 15.8. The molecule has 0 atom stereocenters. The molecule has 0 spiro atoms. The molecule has 0 saturated carbocycles. The molecule has 0 fully saturated rings. The number of rotatable bonds is 6. The average molecular weight is 490 g/mol. The van der Waals surface area contributed by atoms with Crippen molar-refractivity contribution in [3.05, 3.63) is 56.5 Å². The van der Waals surface area contributed by atoms with Gasteiger partial charge in [-0.3, -0.25) is 0 Å². The molecule has 3 aromatic rings. The molecule has 3 aromatic carbocycles. The second-order valence-electron chi connectivity index (χ2n) is 5.99. The largest absolute Gasteiger partial charge is 0.496 e. The van der Waals surface area contributed by atoms with Gasteiger partial charge in [0.15, 0.2) is 23.0 Å². The second-order valence-corrected chi connectivity index (χ2v) is 7.62. The molecule has 0 saturated heterocycles. The minimum atomic E-state index is 0.189. The molecule has 0 heterocycles. The van der Waals surface area contributed by atoms with Gasteiger partial charge in [0.2, 0.25) is 5.75 Å². The molecule has 3 rings (SSSR count). The van der Waals surface area contributed by atoms with Crippen molar-refractivity contribution < 1.29 is 18.9 Å². The lowest BCUT2D eigenvalue weighted by Crippen LogP contribution is -1.98. The monoisotopic (exact) mass is 488 g/mol. The van der Waals surface area contributed by atoms with Crippen molar-refractivity contribution in [2.45, 2.75) is 0 Å². The van der Waals surface area contributed by atoms with E-state index in [9.17, 15) is 0 Å². The minimum Gasteiger partial charge on any atom is -0.496 e. The summed E-state index contributed by atoms with van der Waals surface area (Å²) in [6.45, 7) is 0. The fraction of sp³-hybridized carbons (Fsp3) is 0.100. The normalized spacial score (nSPS) is 10.6. The third-order valence-corrected chi connectivity index (χ3v) is 5.02. The third-order valence-electron chi connectivity index (χ3n) is 3.90. The molecule has 4 N–H and O–H groups in total. The van der Waals surface area contributed by atoms with E-state index in [1.807, 2.05) is 0 Å². The Morgan fingerprint density at radius 2 is 0.933 bits per heavy atom. The van der Waals surface area contributed by atoms with E-state index in [4.69, 9.17) is 76.8 Å². The van der Waals surface area contributed by atoms with Gasteiger partial charge in [0, 0.05) is 23.5 Å². The number of nitrogens with two attached hydrogens (primary N) is 2. The number of hydrogen-bond acceptors (Lipinski definition) is 6. The van der Waals surface area contributed by atoms with Gasteiger partial charge < -0.3 is 30.4 Å².